The fourth-order valence-electron chi connectivity index (χ4n) is 1.44. The molecule has 0 saturated carbocycles. The number of aromatic nitrogens is 3. The molecule has 2 aromatic rings. The van der Waals surface area contributed by atoms with Crippen molar-refractivity contribution in [3.05, 3.63) is 42.8 Å². The van der Waals surface area contributed by atoms with Gasteiger partial charge >= 0.3 is 0 Å². The number of aryl methyl sites for hydroxylation is 1. The van der Waals surface area contributed by atoms with E-state index in [0.29, 0.717) is 38.2 Å². The minimum atomic E-state index is -0.260. The Balaban J connectivity index is 2.64. The number of nitrogens with zero attached hydrogens (tertiary/aromatic N) is 2. The minimum Gasteiger partial charge on any atom is -0.304 e. The van der Waals surface area contributed by atoms with Crippen LogP contribution in [0.25, 0.3) is 11.5 Å². The maximum Gasteiger partial charge on any atom is 0.265 e. The minimum absolute atomic E-state index is 0.260. The Kier molecular flexibility index (Phi) is 4.04. The first-order chi connectivity index (χ1) is 8.52. The van der Waals surface area contributed by atoms with Crippen LogP contribution in [0.15, 0.2) is 21.5 Å². The van der Waals surface area contributed by atoms with Crippen molar-refractivity contribution in [2.45, 2.75) is 13.3 Å². The second kappa shape index (κ2) is 5.38. The quantitative estimate of drug-likeness (QED) is 0.904. The Morgan fingerprint density at radius 2 is 2.17 bits per heavy atom. The Morgan fingerprint density at radius 3 is 2.78 bits per heavy atom. The molecule has 7 heteroatoms. The molecule has 18 heavy (non-hydrogen) atoms. The molecule has 0 bridgehead atoms. The largest absolute Gasteiger partial charge is 0.304 e. The van der Waals surface area contributed by atoms with Crippen LogP contribution in [0.3, 0.4) is 0 Å². The van der Waals surface area contributed by atoms with Gasteiger partial charge in [0.2, 0.25) is 0 Å². The first-order valence-corrected chi connectivity index (χ1v) is 6.68. The molecule has 0 radical (unpaired) electrons. The number of aromatic amines is 1. The van der Waals surface area contributed by atoms with Crippen molar-refractivity contribution in [2.75, 3.05) is 0 Å². The Hall–Kier alpha value is -0.910. The van der Waals surface area contributed by atoms with Gasteiger partial charge in [0.25, 0.3) is 5.56 Å². The van der Waals surface area contributed by atoms with E-state index in [-0.39, 0.29) is 5.56 Å². The highest BCUT2D eigenvalue weighted by atomic mass is 79.9. The molecule has 0 unspecified atom stereocenters. The number of rotatable bonds is 2. The van der Waals surface area contributed by atoms with Crippen LogP contribution in [-0.4, -0.2) is 15.0 Å². The molecule has 1 N–H and O–H groups in total. The third-order valence-corrected chi connectivity index (χ3v) is 3.61. The van der Waals surface area contributed by atoms with Crippen molar-refractivity contribution in [3.8, 4) is 11.5 Å². The fourth-order valence-corrected chi connectivity index (χ4v) is 2.38. The lowest BCUT2D eigenvalue weighted by molar-refractivity contribution is 0.964. The lowest BCUT2D eigenvalue weighted by Crippen LogP contribution is -2.13. The standard InChI is InChI=1S/C11H8BrCl2N3O/c1-2-7-8(12)11(18)17-10(16-7)9-6(14)3-5(13)4-15-9/h3-4H,2H2,1H3,(H,16,17,18). The first-order valence-electron chi connectivity index (χ1n) is 5.13. The summed E-state index contributed by atoms with van der Waals surface area (Å²) in [5.74, 6) is 0.335. The predicted molar refractivity (Wildman–Crippen MR) is 75.2 cm³/mol. The van der Waals surface area contributed by atoms with E-state index in [0.717, 1.165) is 0 Å². The van der Waals surface area contributed by atoms with Gasteiger partial charge in [-0.3, -0.25) is 4.79 Å². The molecule has 0 aromatic carbocycles. The lowest BCUT2D eigenvalue weighted by Gasteiger charge is -2.06. The number of halogens is 3. The number of hydrogen-bond acceptors (Lipinski definition) is 3. The molecule has 0 amide bonds. The van der Waals surface area contributed by atoms with E-state index >= 15 is 0 Å². The lowest BCUT2D eigenvalue weighted by atomic mass is 10.3. The smallest absolute Gasteiger partial charge is 0.265 e. The number of pyridine rings is 1. The fraction of sp³-hybridized carbons (Fsp3) is 0.182. The summed E-state index contributed by atoms with van der Waals surface area (Å²) in [6.07, 6.45) is 2.08. The Bertz CT molecular complexity index is 657. The van der Waals surface area contributed by atoms with Gasteiger partial charge < -0.3 is 4.98 Å². The van der Waals surface area contributed by atoms with E-state index < -0.39 is 0 Å². The highest BCUT2D eigenvalue weighted by molar-refractivity contribution is 9.10. The van der Waals surface area contributed by atoms with Crippen molar-refractivity contribution >= 4 is 39.1 Å². The van der Waals surface area contributed by atoms with Crippen molar-refractivity contribution in [3.63, 3.8) is 0 Å². The maximum atomic E-state index is 11.7. The second-order valence-electron chi connectivity index (χ2n) is 3.51. The topological polar surface area (TPSA) is 58.6 Å². The molecule has 0 atom stereocenters. The molecule has 94 valence electrons. The van der Waals surface area contributed by atoms with Crippen LogP contribution < -0.4 is 5.56 Å². The molecule has 4 nitrogen and oxygen atoms in total. The number of H-pyrrole nitrogens is 1. The monoisotopic (exact) mass is 347 g/mol. The molecule has 0 aliphatic carbocycles. The van der Waals surface area contributed by atoms with Crippen LogP contribution in [-0.2, 0) is 6.42 Å². The zero-order valence-corrected chi connectivity index (χ0v) is 12.4. The van der Waals surface area contributed by atoms with Crippen molar-refractivity contribution in [1.82, 2.24) is 15.0 Å². The van der Waals surface area contributed by atoms with Crippen LogP contribution in [0, 0.1) is 0 Å². The van der Waals surface area contributed by atoms with Gasteiger partial charge in [-0.1, -0.05) is 30.1 Å². The number of nitrogens with one attached hydrogen (secondary N) is 1. The summed E-state index contributed by atoms with van der Waals surface area (Å²) in [6.45, 7) is 1.91. The average molecular weight is 349 g/mol. The summed E-state index contributed by atoms with van der Waals surface area (Å²) in [6, 6.07) is 1.55. The number of hydrogen-bond donors (Lipinski definition) is 1. The summed E-state index contributed by atoms with van der Waals surface area (Å²) in [7, 11) is 0. The Labute approximate surface area is 122 Å². The molecule has 0 spiro atoms. The first kappa shape index (κ1) is 13.5. The summed E-state index contributed by atoms with van der Waals surface area (Å²) in [4.78, 5) is 22.8. The van der Waals surface area contributed by atoms with Gasteiger partial charge in [0.15, 0.2) is 5.82 Å². The van der Waals surface area contributed by atoms with Crippen LogP contribution in [0.5, 0.6) is 0 Å². The van der Waals surface area contributed by atoms with Crippen LogP contribution in [0.4, 0.5) is 0 Å². The van der Waals surface area contributed by atoms with Crippen LogP contribution >= 0.6 is 39.1 Å². The third-order valence-electron chi connectivity index (χ3n) is 2.30. The van der Waals surface area contributed by atoms with Gasteiger partial charge in [0.05, 0.1) is 15.7 Å². The van der Waals surface area contributed by atoms with Gasteiger partial charge in [-0.05, 0) is 28.4 Å². The van der Waals surface area contributed by atoms with E-state index in [9.17, 15) is 4.79 Å². The average Bonchev–Trinajstić information content (AvgIpc) is 2.32. The normalized spacial score (nSPS) is 10.7. The van der Waals surface area contributed by atoms with Gasteiger partial charge in [-0.15, -0.1) is 0 Å². The highest BCUT2D eigenvalue weighted by Crippen LogP contribution is 2.25. The molecule has 0 aliphatic heterocycles. The Morgan fingerprint density at radius 1 is 1.44 bits per heavy atom. The van der Waals surface area contributed by atoms with Gasteiger partial charge in [-0.2, -0.15) is 0 Å². The van der Waals surface area contributed by atoms with Crippen molar-refractivity contribution in [1.29, 1.82) is 0 Å². The molecule has 0 saturated heterocycles. The maximum absolute atomic E-state index is 11.7. The zero-order valence-electron chi connectivity index (χ0n) is 9.30. The van der Waals surface area contributed by atoms with E-state index in [1.54, 1.807) is 6.07 Å². The summed E-state index contributed by atoms with van der Waals surface area (Å²) >= 11 is 15.0. The molecule has 2 heterocycles. The molecule has 0 fully saturated rings. The zero-order chi connectivity index (χ0) is 13.3. The van der Waals surface area contributed by atoms with E-state index in [4.69, 9.17) is 23.2 Å². The summed E-state index contributed by atoms with van der Waals surface area (Å²) in [5.41, 5.74) is 0.798. The van der Waals surface area contributed by atoms with Gasteiger partial charge in [0.1, 0.15) is 10.2 Å². The molecule has 2 aromatic heterocycles. The summed E-state index contributed by atoms with van der Waals surface area (Å²) < 4.78 is 0.429. The predicted octanol–water partition coefficient (Wildman–Crippen LogP) is 3.46. The van der Waals surface area contributed by atoms with Crippen molar-refractivity contribution in [2.24, 2.45) is 0 Å². The van der Waals surface area contributed by atoms with E-state index in [1.165, 1.54) is 6.20 Å². The second-order valence-corrected chi connectivity index (χ2v) is 5.15. The molecular formula is C11H8BrCl2N3O. The molecule has 2 rings (SSSR count). The summed E-state index contributed by atoms with van der Waals surface area (Å²) in [5, 5.41) is 0.772. The third kappa shape index (κ3) is 2.58. The SMILES string of the molecule is CCc1nc(-c2ncc(Cl)cc2Cl)[nH]c(=O)c1Br. The van der Waals surface area contributed by atoms with Gasteiger partial charge in [0, 0.05) is 6.20 Å². The van der Waals surface area contributed by atoms with Crippen LogP contribution in [0.2, 0.25) is 10.0 Å². The van der Waals surface area contributed by atoms with Gasteiger partial charge in [-0.25, -0.2) is 9.97 Å². The van der Waals surface area contributed by atoms with E-state index in [1.807, 2.05) is 6.92 Å². The highest BCUT2D eigenvalue weighted by Gasteiger charge is 2.12. The van der Waals surface area contributed by atoms with Crippen LogP contribution in [0.1, 0.15) is 12.6 Å². The molecular weight excluding hydrogens is 341 g/mol. The van der Waals surface area contributed by atoms with E-state index in [2.05, 4.69) is 30.9 Å². The molecule has 0 aliphatic rings. The van der Waals surface area contributed by atoms with Crippen molar-refractivity contribution < 1.29 is 0 Å².